The number of halogens is 1. The van der Waals surface area contributed by atoms with Crippen molar-refractivity contribution in [1.29, 1.82) is 0 Å². The summed E-state index contributed by atoms with van der Waals surface area (Å²) in [7, 11) is 1.52. The Balaban J connectivity index is 1.54. The topological polar surface area (TPSA) is 89.0 Å². The SMILES string of the molecule is COc1cccc(C2/C(=C(/O)c3ccc4c(c3)CC(C)O4)C(=O)C(=O)N2c2nc3ccc(F)cc3s2)c1. The number of anilines is 1. The lowest BCUT2D eigenvalue weighted by Crippen LogP contribution is -2.29. The van der Waals surface area contributed by atoms with Gasteiger partial charge in [0, 0.05) is 12.0 Å². The number of aliphatic hydroxyl groups excluding tert-OH is 1. The predicted molar refractivity (Wildman–Crippen MR) is 138 cm³/mol. The van der Waals surface area contributed by atoms with Crippen LogP contribution in [0.25, 0.3) is 16.0 Å². The van der Waals surface area contributed by atoms with Crippen LogP contribution in [-0.4, -0.2) is 35.0 Å². The van der Waals surface area contributed by atoms with Crippen molar-refractivity contribution in [3.63, 3.8) is 0 Å². The molecule has 4 aromatic rings. The van der Waals surface area contributed by atoms with E-state index in [9.17, 15) is 19.1 Å². The molecule has 2 atom stereocenters. The number of nitrogens with zero attached hydrogens (tertiary/aromatic N) is 2. The molecule has 3 heterocycles. The zero-order chi connectivity index (χ0) is 25.8. The van der Waals surface area contributed by atoms with E-state index < -0.39 is 23.5 Å². The summed E-state index contributed by atoms with van der Waals surface area (Å²) < 4.78 is 25.5. The van der Waals surface area contributed by atoms with Crippen molar-refractivity contribution >= 4 is 44.1 Å². The molecule has 0 aliphatic carbocycles. The van der Waals surface area contributed by atoms with Crippen molar-refractivity contribution in [3.05, 3.63) is 88.7 Å². The number of carbonyl (C=O) groups is 2. The minimum absolute atomic E-state index is 0.0126. The number of ketones is 1. The Bertz CT molecular complexity index is 1630. The number of benzene rings is 3. The maximum Gasteiger partial charge on any atom is 0.301 e. The van der Waals surface area contributed by atoms with E-state index in [2.05, 4.69) is 4.98 Å². The van der Waals surface area contributed by atoms with Gasteiger partial charge < -0.3 is 14.6 Å². The number of thiazole rings is 1. The average molecular weight is 517 g/mol. The molecule has 186 valence electrons. The number of rotatable bonds is 4. The monoisotopic (exact) mass is 516 g/mol. The maximum absolute atomic E-state index is 13.8. The number of hydrogen-bond donors (Lipinski definition) is 1. The van der Waals surface area contributed by atoms with Gasteiger partial charge in [0.15, 0.2) is 5.13 Å². The molecule has 0 saturated carbocycles. The van der Waals surface area contributed by atoms with Crippen LogP contribution in [0.5, 0.6) is 11.5 Å². The highest BCUT2D eigenvalue weighted by Crippen LogP contribution is 2.45. The molecule has 2 aliphatic rings. The molecular weight excluding hydrogens is 495 g/mol. The summed E-state index contributed by atoms with van der Waals surface area (Å²) in [4.78, 5) is 32.7. The molecule has 6 rings (SSSR count). The Morgan fingerprint density at radius 2 is 2.00 bits per heavy atom. The zero-order valence-electron chi connectivity index (χ0n) is 19.9. The van der Waals surface area contributed by atoms with Crippen molar-refractivity contribution in [1.82, 2.24) is 4.98 Å². The lowest BCUT2D eigenvalue weighted by atomic mass is 9.94. The number of methoxy groups -OCH3 is 1. The highest BCUT2D eigenvalue weighted by molar-refractivity contribution is 7.22. The highest BCUT2D eigenvalue weighted by Gasteiger charge is 2.48. The van der Waals surface area contributed by atoms with Crippen LogP contribution in [0.1, 0.15) is 29.7 Å². The number of Topliss-reactive ketones (excluding diaryl/α,β-unsaturated/α-hetero) is 1. The first-order valence-electron chi connectivity index (χ1n) is 11.6. The average Bonchev–Trinajstić information content (AvgIpc) is 3.55. The molecule has 0 radical (unpaired) electrons. The number of amides is 1. The summed E-state index contributed by atoms with van der Waals surface area (Å²) in [5.74, 6) is -1.12. The Morgan fingerprint density at radius 1 is 1.16 bits per heavy atom. The first-order valence-corrected chi connectivity index (χ1v) is 12.5. The van der Waals surface area contributed by atoms with Gasteiger partial charge in [0.25, 0.3) is 5.78 Å². The summed E-state index contributed by atoms with van der Waals surface area (Å²) >= 11 is 1.10. The second-order valence-electron chi connectivity index (χ2n) is 9.01. The number of ether oxygens (including phenoxy) is 2. The van der Waals surface area contributed by atoms with Gasteiger partial charge in [-0.3, -0.25) is 14.5 Å². The molecule has 1 fully saturated rings. The Hall–Kier alpha value is -4.24. The minimum atomic E-state index is -0.969. The van der Waals surface area contributed by atoms with E-state index >= 15 is 0 Å². The van der Waals surface area contributed by atoms with E-state index in [0.29, 0.717) is 33.5 Å². The Labute approximate surface area is 215 Å². The molecule has 7 nitrogen and oxygen atoms in total. The van der Waals surface area contributed by atoms with Gasteiger partial charge in [-0.05, 0) is 66.6 Å². The standard InChI is InChI=1S/C28H21FN2O5S/c1-14-10-17-11-16(6-9-21(17)36-14)25(32)23-24(15-4-3-5-19(12-15)35-2)31(27(34)26(23)33)28-30-20-8-7-18(29)13-22(20)37-28/h3-9,11-14,24,32H,10H2,1-2H3/b25-23-. The fourth-order valence-electron chi connectivity index (χ4n) is 4.87. The third-order valence-corrected chi connectivity index (χ3v) is 7.59. The van der Waals surface area contributed by atoms with Gasteiger partial charge >= 0.3 is 5.91 Å². The number of fused-ring (bicyclic) bond motifs is 2. The summed E-state index contributed by atoms with van der Waals surface area (Å²) in [5, 5.41) is 11.7. The molecule has 2 unspecified atom stereocenters. The van der Waals surface area contributed by atoms with E-state index in [1.54, 1.807) is 42.5 Å². The van der Waals surface area contributed by atoms with Crippen LogP contribution in [0, 0.1) is 5.82 Å². The third kappa shape index (κ3) is 3.82. The number of carbonyl (C=O) groups excluding carboxylic acids is 2. The fourth-order valence-corrected chi connectivity index (χ4v) is 5.89. The van der Waals surface area contributed by atoms with Crippen LogP contribution in [-0.2, 0) is 16.0 Å². The van der Waals surface area contributed by atoms with E-state index in [1.807, 2.05) is 6.92 Å². The zero-order valence-corrected chi connectivity index (χ0v) is 20.7. The van der Waals surface area contributed by atoms with E-state index in [1.165, 1.54) is 30.2 Å². The van der Waals surface area contributed by atoms with Gasteiger partial charge in [0.1, 0.15) is 29.2 Å². The van der Waals surface area contributed by atoms with Crippen molar-refractivity contribution in [2.45, 2.75) is 25.5 Å². The summed E-state index contributed by atoms with van der Waals surface area (Å²) in [5.41, 5.74) is 2.32. The third-order valence-electron chi connectivity index (χ3n) is 6.57. The molecule has 1 saturated heterocycles. The fraction of sp³-hybridized carbons (Fsp3) is 0.179. The molecule has 0 spiro atoms. The van der Waals surface area contributed by atoms with Gasteiger partial charge in [-0.25, -0.2) is 9.37 Å². The summed E-state index contributed by atoms with van der Waals surface area (Å²) in [6.07, 6.45) is 0.686. The molecular formula is C28H21FN2O5S. The molecule has 1 aromatic heterocycles. The quantitative estimate of drug-likeness (QED) is 0.222. The van der Waals surface area contributed by atoms with Crippen molar-refractivity contribution in [2.24, 2.45) is 0 Å². The number of aromatic nitrogens is 1. The number of hydrogen-bond acceptors (Lipinski definition) is 7. The van der Waals surface area contributed by atoms with Gasteiger partial charge in [-0.15, -0.1) is 0 Å². The highest BCUT2D eigenvalue weighted by atomic mass is 32.1. The largest absolute Gasteiger partial charge is 0.507 e. The maximum atomic E-state index is 13.8. The molecule has 2 aliphatic heterocycles. The second kappa shape index (κ2) is 8.70. The van der Waals surface area contributed by atoms with Gasteiger partial charge in [-0.2, -0.15) is 0 Å². The molecule has 1 amide bonds. The first-order chi connectivity index (χ1) is 17.8. The minimum Gasteiger partial charge on any atom is -0.507 e. The lowest BCUT2D eigenvalue weighted by Gasteiger charge is -2.23. The Morgan fingerprint density at radius 3 is 2.81 bits per heavy atom. The number of aliphatic hydroxyl groups is 1. The first kappa shape index (κ1) is 23.2. The van der Waals surface area contributed by atoms with Gasteiger partial charge in [-0.1, -0.05) is 23.5 Å². The van der Waals surface area contributed by atoms with Crippen LogP contribution >= 0.6 is 11.3 Å². The van der Waals surface area contributed by atoms with Crippen LogP contribution in [0.4, 0.5) is 9.52 Å². The molecule has 0 bridgehead atoms. The predicted octanol–water partition coefficient (Wildman–Crippen LogP) is 5.39. The van der Waals surface area contributed by atoms with Crippen LogP contribution < -0.4 is 14.4 Å². The van der Waals surface area contributed by atoms with Crippen LogP contribution in [0.3, 0.4) is 0 Å². The summed E-state index contributed by atoms with van der Waals surface area (Å²) in [6, 6.07) is 15.3. The van der Waals surface area contributed by atoms with Gasteiger partial charge in [0.05, 0.1) is 28.9 Å². The molecule has 1 N–H and O–H groups in total. The van der Waals surface area contributed by atoms with Crippen molar-refractivity contribution in [2.75, 3.05) is 12.0 Å². The molecule has 9 heteroatoms. The van der Waals surface area contributed by atoms with E-state index in [-0.39, 0.29) is 22.6 Å². The van der Waals surface area contributed by atoms with Gasteiger partial charge in [0.2, 0.25) is 0 Å². The lowest BCUT2D eigenvalue weighted by molar-refractivity contribution is -0.132. The normalized spacial score (nSPS) is 20.4. The summed E-state index contributed by atoms with van der Waals surface area (Å²) in [6.45, 7) is 1.96. The Kier molecular flexibility index (Phi) is 5.45. The molecule has 3 aromatic carbocycles. The second-order valence-corrected chi connectivity index (χ2v) is 10.0. The van der Waals surface area contributed by atoms with Crippen LogP contribution in [0.15, 0.2) is 66.2 Å². The van der Waals surface area contributed by atoms with E-state index in [0.717, 1.165) is 22.6 Å². The smallest absolute Gasteiger partial charge is 0.301 e. The molecule has 37 heavy (non-hydrogen) atoms. The van der Waals surface area contributed by atoms with Crippen LogP contribution in [0.2, 0.25) is 0 Å². The van der Waals surface area contributed by atoms with Crippen molar-refractivity contribution < 1.29 is 28.6 Å². The van der Waals surface area contributed by atoms with E-state index in [4.69, 9.17) is 9.47 Å². The van der Waals surface area contributed by atoms with Crippen molar-refractivity contribution in [3.8, 4) is 11.5 Å².